The minimum Gasteiger partial charge on any atom is -0.481 e. The van der Waals surface area contributed by atoms with Gasteiger partial charge in [-0.15, -0.1) is 11.3 Å². The lowest BCUT2D eigenvalue weighted by molar-refractivity contribution is -0.141. The molecule has 1 heterocycles. The maximum absolute atomic E-state index is 10.9. The number of carboxylic acids is 2. The smallest absolute Gasteiger partial charge is 0.338 e. The zero-order valence-electron chi connectivity index (χ0n) is 7.69. The lowest BCUT2D eigenvalue weighted by Crippen LogP contribution is -2.14. The maximum Gasteiger partial charge on any atom is 0.338 e. The third kappa shape index (κ3) is 1.46. The fourth-order valence-corrected chi connectivity index (χ4v) is 3.04. The first-order chi connectivity index (χ1) is 7.00. The molecule has 0 spiro atoms. The van der Waals surface area contributed by atoms with E-state index in [9.17, 15) is 9.59 Å². The number of aliphatic carboxylic acids is 1. The molecule has 1 aromatic heterocycles. The van der Waals surface area contributed by atoms with Gasteiger partial charge in [-0.05, 0) is 18.4 Å². The summed E-state index contributed by atoms with van der Waals surface area (Å²) in [7, 11) is 0. The second-order valence-corrected chi connectivity index (χ2v) is 4.63. The molecule has 0 radical (unpaired) electrons. The minimum atomic E-state index is -1.07. The van der Waals surface area contributed by atoms with Crippen LogP contribution in [0.3, 0.4) is 0 Å². The standard InChI is InChI=1S/C9H9NO4S/c10-7-6(9(13)14)4-1-3(8(11)12)2-5(4)15-7/h3H,1-2,10H2,(H,11,12)(H,13,14). The summed E-state index contributed by atoms with van der Waals surface area (Å²) in [6.45, 7) is 0. The van der Waals surface area contributed by atoms with E-state index in [4.69, 9.17) is 15.9 Å². The Balaban J connectivity index is 2.41. The minimum absolute atomic E-state index is 0.0961. The van der Waals surface area contributed by atoms with Gasteiger partial charge in [0.05, 0.1) is 11.5 Å². The Kier molecular flexibility index (Phi) is 2.15. The number of nitrogen functional groups attached to an aromatic ring is 1. The Hall–Kier alpha value is -1.56. The van der Waals surface area contributed by atoms with Gasteiger partial charge in [0, 0.05) is 4.88 Å². The first-order valence-electron chi connectivity index (χ1n) is 4.36. The van der Waals surface area contributed by atoms with Gasteiger partial charge in [0.15, 0.2) is 0 Å². The fraction of sp³-hybridized carbons (Fsp3) is 0.333. The fourth-order valence-electron chi connectivity index (χ4n) is 1.87. The molecule has 0 bridgehead atoms. The van der Waals surface area contributed by atoms with Gasteiger partial charge in [-0.3, -0.25) is 4.79 Å². The summed E-state index contributed by atoms with van der Waals surface area (Å²) in [6, 6.07) is 0. The van der Waals surface area contributed by atoms with Crippen molar-refractivity contribution >= 4 is 28.3 Å². The molecule has 1 aliphatic carbocycles. The van der Waals surface area contributed by atoms with E-state index in [2.05, 4.69) is 0 Å². The van der Waals surface area contributed by atoms with Crippen molar-refractivity contribution in [3.63, 3.8) is 0 Å². The van der Waals surface area contributed by atoms with E-state index < -0.39 is 17.9 Å². The molecule has 6 heteroatoms. The monoisotopic (exact) mass is 227 g/mol. The summed E-state index contributed by atoms with van der Waals surface area (Å²) in [5.74, 6) is -2.45. The number of carboxylic acid groups (broad SMARTS) is 2. The molecule has 1 unspecified atom stereocenters. The molecule has 0 aliphatic heterocycles. The molecule has 2 rings (SSSR count). The molecule has 15 heavy (non-hydrogen) atoms. The van der Waals surface area contributed by atoms with Gasteiger partial charge < -0.3 is 15.9 Å². The molecule has 0 amide bonds. The first-order valence-corrected chi connectivity index (χ1v) is 5.18. The second-order valence-electron chi connectivity index (χ2n) is 3.49. The van der Waals surface area contributed by atoms with Gasteiger partial charge in [-0.2, -0.15) is 0 Å². The van der Waals surface area contributed by atoms with Crippen molar-refractivity contribution in [1.29, 1.82) is 0 Å². The normalized spacial score (nSPS) is 18.8. The third-order valence-electron chi connectivity index (χ3n) is 2.56. The molecule has 80 valence electrons. The van der Waals surface area contributed by atoms with Gasteiger partial charge in [0.25, 0.3) is 0 Å². The largest absolute Gasteiger partial charge is 0.481 e. The van der Waals surface area contributed by atoms with Crippen molar-refractivity contribution in [2.75, 3.05) is 5.73 Å². The zero-order valence-corrected chi connectivity index (χ0v) is 8.50. The molecule has 0 saturated heterocycles. The van der Waals surface area contributed by atoms with Crippen LogP contribution in [-0.2, 0) is 17.6 Å². The van der Waals surface area contributed by atoms with Gasteiger partial charge >= 0.3 is 11.9 Å². The molecule has 1 aromatic rings. The zero-order chi connectivity index (χ0) is 11.2. The highest BCUT2D eigenvalue weighted by Gasteiger charge is 2.33. The Bertz CT molecular complexity index is 451. The number of fused-ring (bicyclic) bond motifs is 1. The van der Waals surface area contributed by atoms with Gasteiger partial charge in [-0.1, -0.05) is 0 Å². The second kappa shape index (κ2) is 3.23. The van der Waals surface area contributed by atoms with E-state index in [1.54, 1.807) is 0 Å². The van der Waals surface area contributed by atoms with Crippen LogP contribution in [0.2, 0.25) is 0 Å². The van der Waals surface area contributed by atoms with Crippen molar-refractivity contribution in [1.82, 2.24) is 0 Å². The van der Waals surface area contributed by atoms with Crippen LogP contribution in [0.5, 0.6) is 0 Å². The molecular formula is C9H9NO4S. The van der Waals surface area contributed by atoms with Gasteiger partial charge in [0.2, 0.25) is 0 Å². The highest BCUT2D eigenvalue weighted by molar-refractivity contribution is 7.16. The quantitative estimate of drug-likeness (QED) is 0.694. The molecule has 5 nitrogen and oxygen atoms in total. The SMILES string of the molecule is Nc1sc2c(c1C(=O)O)CC(C(=O)O)C2. The Labute approximate surface area is 89.1 Å². The predicted octanol–water partition coefficient (Wildman–Crippen LogP) is 0.828. The van der Waals surface area contributed by atoms with Gasteiger partial charge in [0.1, 0.15) is 5.00 Å². The third-order valence-corrected chi connectivity index (χ3v) is 3.65. The summed E-state index contributed by atoms with van der Waals surface area (Å²) in [4.78, 5) is 22.5. The molecule has 1 aliphatic rings. The van der Waals surface area contributed by atoms with Crippen LogP contribution in [0, 0.1) is 5.92 Å². The van der Waals surface area contributed by atoms with Crippen molar-refractivity contribution in [2.24, 2.45) is 5.92 Å². The van der Waals surface area contributed by atoms with Crippen molar-refractivity contribution in [2.45, 2.75) is 12.8 Å². The molecule has 1 atom stereocenters. The van der Waals surface area contributed by atoms with Crippen LogP contribution in [-0.4, -0.2) is 22.2 Å². The van der Waals surface area contributed by atoms with Crippen LogP contribution < -0.4 is 5.73 Å². The van der Waals surface area contributed by atoms with Crippen LogP contribution in [0.4, 0.5) is 5.00 Å². The Morgan fingerprint density at radius 3 is 2.53 bits per heavy atom. The number of hydrogen-bond donors (Lipinski definition) is 3. The van der Waals surface area contributed by atoms with E-state index in [1.807, 2.05) is 0 Å². The number of carbonyl (C=O) groups is 2. The lowest BCUT2D eigenvalue weighted by Gasteiger charge is -2.02. The highest BCUT2D eigenvalue weighted by atomic mass is 32.1. The predicted molar refractivity (Wildman–Crippen MR) is 54.2 cm³/mol. The number of anilines is 1. The van der Waals surface area contributed by atoms with Crippen molar-refractivity contribution in [3.8, 4) is 0 Å². The average Bonchev–Trinajstić information content (AvgIpc) is 2.58. The summed E-state index contributed by atoms with van der Waals surface area (Å²) >= 11 is 1.19. The maximum atomic E-state index is 10.9. The van der Waals surface area contributed by atoms with Crippen molar-refractivity contribution < 1.29 is 19.8 Å². The van der Waals surface area contributed by atoms with Crippen molar-refractivity contribution in [3.05, 3.63) is 16.0 Å². The van der Waals surface area contributed by atoms with E-state index in [0.29, 0.717) is 12.0 Å². The average molecular weight is 227 g/mol. The van der Waals surface area contributed by atoms with E-state index in [-0.39, 0.29) is 17.0 Å². The number of hydrogen-bond acceptors (Lipinski definition) is 4. The number of nitrogens with two attached hydrogens (primary N) is 1. The summed E-state index contributed by atoms with van der Waals surface area (Å²) in [5.41, 5.74) is 6.27. The lowest BCUT2D eigenvalue weighted by atomic mass is 10.1. The Morgan fingerprint density at radius 1 is 1.33 bits per heavy atom. The van der Waals surface area contributed by atoms with Crippen LogP contribution in [0.1, 0.15) is 20.8 Å². The van der Waals surface area contributed by atoms with Gasteiger partial charge in [-0.25, -0.2) is 4.79 Å². The number of rotatable bonds is 2. The van der Waals surface area contributed by atoms with E-state index >= 15 is 0 Å². The molecule has 0 fully saturated rings. The van der Waals surface area contributed by atoms with E-state index in [1.165, 1.54) is 11.3 Å². The number of aromatic carboxylic acids is 1. The van der Waals surface area contributed by atoms with Crippen LogP contribution in [0.15, 0.2) is 0 Å². The molecular weight excluding hydrogens is 218 g/mol. The highest BCUT2D eigenvalue weighted by Crippen LogP contribution is 2.39. The van der Waals surface area contributed by atoms with Crippen LogP contribution in [0.25, 0.3) is 0 Å². The molecule has 4 N–H and O–H groups in total. The van der Waals surface area contributed by atoms with E-state index in [0.717, 1.165) is 4.88 Å². The molecule has 0 aromatic carbocycles. The first kappa shape index (κ1) is 9.97. The Morgan fingerprint density at radius 2 is 2.00 bits per heavy atom. The molecule has 0 saturated carbocycles. The summed E-state index contributed by atoms with van der Waals surface area (Å²) < 4.78 is 0. The summed E-state index contributed by atoms with van der Waals surface area (Å²) in [6.07, 6.45) is 0.673. The van der Waals surface area contributed by atoms with Crippen LogP contribution >= 0.6 is 11.3 Å². The summed E-state index contributed by atoms with van der Waals surface area (Å²) in [5, 5.41) is 18.0. The number of thiophene rings is 1. The topological polar surface area (TPSA) is 101 Å².